The Morgan fingerprint density at radius 1 is 1.00 bits per heavy atom. The van der Waals surface area contributed by atoms with Gasteiger partial charge in [0.05, 0.1) is 23.8 Å². The van der Waals surface area contributed by atoms with Gasteiger partial charge in [-0.25, -0.2) is 0 Å². The Morgan fingerprint density at radius 2 is 1.58 bits per heavy atom. The highest BCUT2D eigenvalue weighted by molar-refractivity contribution is 5.35. The number of alkyl halides is 6. The first-order chi connectivity index (χ1) is 14.5. The van der Waals surface area contributed by atoms with Crippen LogP contribution in [0.5, 0.6) is 0 Å². The first-order valence-corrected chi connectivity index (χ1v) is 9.74. The fourth-order valence-electron chi connectivity index (χ4n) is 3.77. The molecule has 31 heavy (non-hydrogen) atoms. The van der Waals surface area contributed by atoms with E-state index in [9.17, 15) is 26.3 Å². The molecule has 0 aromatic heterocycles. The van der Waals surface area contributed by atoms with Crippen LogP contribution in [-0.4, -0.2) is 12.9 Å². The van der Waals surface area contributed by atoms with Crippen molar-refractivity contribution in [3.05, 3.63) is 83.4 Å². The zero-order valence-corrected chi connectivity index (χ0v) is 16.7. The SMILES string of the molecule is C=C[C@H]1CCO[C@H](OC(C)c2cc(C(F)(F)F)cc(C(F)(F)F)c2)[C@@H]1c1ccccc1. The second-order valence-corrected chi connectivity index (χ2v) is 7.48. The summed E-state index contributed by atoms with van der Waals surface area (Å²) in [6, 6.07) is 10.8. The lowest BCUT2D eigenvalue weighted by Gasteiger charge is -2.38. The van der Waals surface area contributed by atoms with Gasteiger partial charge in [0.2, 0.25) is 0 Å². The quantitative estimate of drug-likeness (QED) is 0.361. The summed E-state index contributed by atoms with van der Waals surface area (Å²) in [7, 11) is 0. The van der Waals surface area contributed by atoms with E-state index in [0.717, 1.165) is 5.56 Å². The van der Waals surface area contributed by atoms with E-state index >= 15 is 0 Å². The normalized spacial score (nSPS) is 23.4. The van der Waals surface area contributed by atoms with Gasteiger partial charge in [0.1, 0.15) is 0 Å². The third-order valence-electron chi connectivity index (χ3n) is 5.39. The molecule has 4 atom stereocenters. The Labute approximate surface area is 176 Å². The van der Waals surface area contributed by atoms with Gasteiger partial charge < -0.3 is 9.47 Å². The third kappa shape index (κ3) is 5.49. The number of allylic oxidation sites excluding steroid dienone is 1. The minimum Gasteiger partial charge on any atom is -0.352 e. The van der Waals surface area contributed by atoms with Gasteiger partial charge in [-0.2, -0.15) is 26.3 Å². The van der Waals surface area contributed by atoms with Crippen LogP contribution >= 0.6 is 0 Å². The maximum atomic E-state index is 13.2. The lowest BCUT2D eigenvalue weighted by molar-refractivity contribution is -0.205. The molecular formula is C23H22F6O2. The molecule has 1 unspecified atom stereocenters. The summed E-state index contributed by atoms with van der Waals surface area (Å²) >= 11 is 0. The van der Waals surface area contributed by atoms with Crippen LogP contribution in [0.3, 0.4) is 0 Å². The van der Waals surface area contributed by atoms with E-state index in [1.807, 2.05) is 30.3 Å². The molecule has 3 rings (SSSR count). The monoisotopic (exact) mass is 444 g/mol. The van der Waals surface area contributed by atoms with Gasteiger partial charge >= 0.3 is 12.4 Å². The molecule has 1 aliphatic rings. The van der Waals surface area contributed by atoms with E-state index < -0.39 is 35.9 Å². The zero-order valence-electron chi connectivity index (χ0n) is 16.7. The number of halogens is 6. The summed E-state index contributed by atoms with van der Waals surface area (Å²) in [6.45, 7) is 5.60. The fraction of sp³-hybridized carbons (Fsp3) is 0.391. The second-order valence-electron chi connectivity index (χ2n) is 7.48. The van der Waals surface area contributed by atoms with Crippen molar-refractivity contribution < 1.29 is 35.8 Å². The smallest absolute Gasteiger partial charge is 0.352 e. The van der Waals surface area contributed by atoms with Gasteiger partial charge in [-0.05, 0) is 48.6 Å². The molecule has 2 aromatic rings. The first-order valence-electron chi connectivity index (χ1n) is 9.74. The number of benzene rings is 2. The van der Waals surface area contributed by atoms with Crippen LogP contribution in [0.2, 0.25) is 0 Å². The predicted molar refractivity (Wildman–Crippen MR) is 103 cm³/mol. The standard InChI is InChI=1S/C23H22F6O2/c1-3-15-9-10-30-21(20(15)16-7-5-4-6-8-16)31-14(2)17-11-18(22(24,25)26)13-19(12-17)23(27,28)29/h3-8,11-15,20-21H,1,9-10H2,2H3/t14?,15-,20-,21+/m0/s1. The molecule has 8 heteroatoms. The van der Waals surface area contributed by atoms with Crippen molar-refractivity contribution in [3.63, 3.8) is 0 Å². The van der Waals surface area contributed by atoms with E-state index in [0.29, 0.717) is 25.2 Å². The maximum Gasteiger partial charge on any atom is 0.416 e. The van der Waals surface area contributed by atoms with Crippen molar-refractivity contribution in [2.45, 2.75) is 44.0 Å². The number of hydrogen-bond acceptors (Lipinski definition) is 2. The molecule has 1 aliphatic heterocycles. The fourth-order valence-corrected chi connectivity index (χ4v) is 3.77. The highest BCUT2D eigenvalue weighted by atomic mass is 19.4. The molecule has 2 aromatic carbocycles. The van der Waals surface area contributed by atoms with Crippen molar-refractivity contribution in [2.75, 3.05) is 6.61 Å². The van der Waals surface area contributed by atoms with Crippen molar-refractivity contribution >= 4 is 0 Å². The van der Waals surface area contributed by atoms with Crippen molar-refractivity contribution in [1.82, 2.24) is 0 Å². The van der Waals surface area contributed by atoms with Crippen LogP contribution in [0.4, 0.5) is 26.3 Å². The van der Waals surface area contributed by atoms with Gasteiger partial charge in [-0.3, -0.25) is 0 Å². The number of hydrogen-bond donors (Lipinski definition) is 0. The number of rotatable bonds is 5. The van der Waals surface area contributed by atoms with Gasteiger partial charge in [0.15, 0.2) is 6.29 Å². The van der Waals surface area contributed by atoms with Crippen molar-refractivity contribution in [1.29, 1.82) is 0 Å². The highest BCUT2D eigenvalue weighted by Crippen LogP contribution is 2.41. The lowest BCUT2D eigenvalue weighted by atomic mass is 9.82. The Balaban J connectivity index is 1.93. The topological polar surface area (TPSA) is 18.5 Å². The summed E-state index contributed by atoms with van der Waals surface area (Å²) in [4.78, 5) is 0. The predicted octanol–water partition coefficient (Wildman–Crippen LogP) is 7.13. The van der Waals surface area contributed by atoms with E-state index in [1.165, 1.54) is 6.92 Å². The molecule has 1 fully saturated rings. The van der Waals surface area contributed by atoms with Crippen LogP contribution in [0, 0.1) is 5.92 Å². The first kappa shape index (κ1) is 23.3. The molecule has 0 spiro atoms. The molecule has 1 heterocycles. The van der Waals surface area contributed by atoms with Crippen molar-refractivity contribution in [2.24, 2.45) is 5.92 Å². The summed E-state index contributed by atoms with van der Waals surface area (Å²) in [6.07, 6.45) is -9.30. The highest BCUT2D eigenvalue weighted by Gasteiger charge is 2.39. The maximum absolute atomic E-state index is 13.2. The molecule has 0 radical (unpaired) electrons. The van der Waals surface area contributed by atoms with E-state index in [4.69, 9.17) is 9.47 Å². The minimum atomic E-state index is -4.92. The molecule has 0 saturated carbocycles. The zero-order chi connectivity index (χ0) is 22.8. The molecule has 0 aliphatic carbocycles. The second kappa shape index (κ2) is 9.04. The van der Waals surface area contributed by atoms with Crippen LogP contribution in [0.15, 0.2) is 61.2 Å². The van der Waals surface area contributed by atoms with Gasteiger partial charge in [0, 0.05) is 5.92 Å². The molecule has 0 amide bonds. The molecule has 0 N–H and O–H groups in total. The average molecular weight is 444 g/mol. The Kier molecular flexibility index (Phi) is 6.81. The van der Waals surface area contributed by atoms with Gasteiger partial charge in [-0.1, -0.05) is 36.4 Å². The van der Waals surface area contributed by atoms with Crippen LogP contribution in [0.1, 0.15) is 47.6 Å². The van der Waals surface area contributed by atoms with Crippen molar-refractivity contribution in [3.8, 4) is 0 Å². The molecule has 0 bridgehead atoms. The molecule has 2 nitrogen and oxygen atoms in total. The van der Waals surface area contributed by atoms with E-state index in [-0.39, 0.29) is 23.5 Å². The third-order valence-corrected chi connectivity index (χ3v) is 5.39. The average Bonchev–Trinajstić information content (AvgIpc) is 2.72. The van der Waals surface area contributed by atoms with Crippen LogP contribution in [-0.2, 0) is 21.8 Å². The summed E-state index contributed by atoms with van der Waals surface area (Å²) in [5.74, 6) is -0.302. The molecule has 168 valence electrons. The number of ether oxygens (including phenoxy) is 2. The van der Waals surface area contributed by atoms with Crippen LogP contribution in [0.25, 0.3) is 0 Å². The van der Waals surface area contributed by atoms with Gasteiger partial charge in [-0.15, -0.1) is 6.58 Å². The molecule has 1 saturated heterocycles. The minimum absolute atomic E-state index is 0.0133. The summed E-state index contributed by atoms with van der Waals surface area (Å²) < 4.78 is 90.8. The lowest BCUT2D eigenvalue weighted by Crippen LogP contribution is -2.36. The summed E-state index contributed by atoms with van der Waals surface area (Å²) in [5.41, 5.74) is -2.08. The summed E-state index contributed by atoms with van der Waals surface area (Å²) in [5, 5.41) is 0. The van der Waals surface area contributed by atoms with E-state index in [2.05, 4.69) is 6.58 Å². The Bertz CT molecular complexity index is 859. The van der Waals surface area contributed by atoms with E-state index in [1.54, 1.807) is 6.08 Å². The Morgan fingerprint density at radius 3 is 2.10 bits per heavy atom. The largest absolute Gasteiger partial charge is 0.416 e. The van der Waals surface area contributed by atoms with Crippen LogP contribution < -0.4 is 0 Å². The molecular weight excluding hydrogens is 422 g/mol. The van der Waals surface area contributed by atoms with Gasteiger partial charge in [0.25, 0.3) is 0 Å². The Hall–Kier alpha value is -2.32.